The lowest BCUT2D eigenvalue weighted by Crippen LogP contribution is -3.13. The fourth-order valence-corrected chi connectivity index (χ4v) is 3.46. The fourth-order valence-electron chi connectivity index (χ4n) is 3.46. The number of fused-ring (bicyclic) bond motifs is 1. The molecule has 2 aromatic heterocycles. The Kier molecular flexibility index (Phi) is 4.11. The van der Waals surface area contributed by atoms with Gasteiger partial charge in [-0.1, -0.05) is 6.07 Å². The summed E-state index contributed by atoms with van der Waals surface area (Å²) in [6.07, 6.45) is 1.94. The first-order valence-electron chi connectivity index (χ1n) is 8.50. The maximum Gasteiger partial charge on any atom is 0.336 e. The van der Waals surface area contributed by atoms with E-state index in [-0.39, 0.29) is 11.4 Å². The van der Waals surface area contributed by atoms with Crippen molar-refractivity contribution in [1.82, 2.24) is 0 Å². The van der Waals surface area contributed by atoms with Crippen LogP contribution in [0.5, 0.6) is 5.75 Å². The van der Waals surface area contributed by atoms with E-state index in [1.165, 1.54) is 11.0 Å². The number of aromatic nitrogens is 1. The minimum Gasteiger partial charge on any atom is -0.508 e. The van der Waals surface area contributed by atoms with E-state index in [4.69, 9.17) is 4.42 Å². The molecule has 1 aromatic carbocycles. The molecular weight excluding hydrogens is 318 g/mol. The average molecular weight is 339 g/mol. The van der Waals surface area contributed by atoms with Crippen molar-refractivity contribution < 1.29 is 19.4 Å². The highest BCUT2D eigenvalue weighted by molar-refractivity contribution is 5.81. The minimum atomic E-state index is -0.370. The molecule has 128 valence electrons. The number of aromatic hydroxyl groups is 1. The lowest BCUT2D eigenvalue weighted by Gasteiger charge is -2.28. The zero-order valence-corrected chi connectivity index (χ0v) is 13.9. The largest absolute Gasteiger partial charge is 0.508 e. The third-order valence-electron chi connectivity index (χ3n) is 4.76. The first-order chi connectivity index (χ1) is 12.2. The predicted molar refractivity (Wildman–Crippen MR) is 93.8 cm³/mol. The Morgan fingerprint density at radius 3 is 2.76 bits per heavy atom. The number of hydrogen-bond acceptors (Lipinski definition) is 4. The third kappa shape index (κ3) is 3.34. The van der Waals surface area contributed by atoms with Gasteiger partial charge in [-0.3, -0.25) is 4.90 Å². The van der Waals surface area contributed by atoms with Crippen molar-refractivity contribution in [1.29, 1.82) is 0 Å². The summed E-state index contributed by atoms with van der Waals surface area (Å²) >= 11 is 0. The van der Waals surface area contributed by atoms with E-state index in [9.17, 15) is 9.90 Å². The molecule has 0 bridgehead atoms. The number of pyridine rings is 1. The molecule has 25 heavy (non-hydrogen) atoms. The lowest BCUT2D eigenvalue weighted by molar-refractivity contribution is -0.914. The van der Waals surface area contributed by atoms with E-state index < -0.39 is 0 Å². The number of benzene rings is 1. The summed E-state index contributed by atoms with van der Waals surface area (Å²) in [6, 6.07) is 12.6. The topological polar surface area (TPSA) is 72.3 Å². The Labute approximate surface area is 144 Å². The number of phenols is 1. The summed E-state index contributed by atoms with van der Waals surface area (Å²) in [5.41, 5.74) is 1.05. The van der Waals surface area contributed by atoms with Gasteiger partial charge >= 0.3 is 5.63 Å². The van der Waals surface area contributed by atoms with E-state index in [2.05, 4.69) is 16.0 Å². The van der Waals surface area contributed by atoms with Crippen molar-refractivity contribution in [3.8, 4) is 5.75 Å². The van der Waals surface area contributed by atoms with Gasteiger partial charge < -0.3 is 14.4 Å². The molecule has 0 spiro atoms. The summed E-state index contributed by atoms with van der Waals surface area (Å²) in [7, 11) is 0. The maximum absolute atomic E-state index is 11.8. The van der Waals surface area contributed by atoms with Crippen LogP contribution in [0.25, 0.3) is 11.0 Å². The molecule has 0 unspecified atom stereocenters. The number of phenolic OH excluding ortho intramolecular Hbond substituents is 1. The number of nitrogens with zero attached hydrogens (tertiary/aromatic N) is 1. The second-order valence-electron chi connectivity index (χ2n) is 6.43. The standard InChI is InChI=1S/C19H19N3O3/c23-15-4-5-16-14(11-19(24)25-17(16)12-15)13-21-7-9-22(10-8-21)18-3-1-2-6-20-18/h1-6,11-12,23H,7-10,13H2/p+2. The van der Waals surface area contributed by atoms with Gasteiger partial charge in [0.1, 0.15) is 44.1 Å². The van der Waals surface area contributed by atoms with Crippen LogP contribution in [0.3, 0.4) is 0 Å². The van der Waals surface area contributed by atoms with Crippen LogP contribution in [0.2, 0.25) is 0 Å². The van der Waals surface area contributed by atoms with Gasteiger partial charge in [0.15, 0.2) is 0 Å². The molecule has 3 heterocycles. The third-order valence-corrected chi connectivity index (χ3v) is 4.76. The van der Waals surface area contributed by atoms with Gasteiger partial charge in [-0.05, 0) is 18.2 Å². The molecule has 0 atom stereocenters. The average Bonchev–Trinajstić information content (AvgIpc) is 2.62. The number of rotatable bonds is 3. The monoisotopic (exact) mass is 339 g/mol. The number of aromatic amines is 1. The van der Waals surface area contributed by atoms with Gasteiger partial charge in [0.25, 0.3) is 5.82 Å². The van der Waals surface area contributed by atoms with Crippen molar-refractivity contribution in [2.24, 2.45) is 0 Å². The second-order valence-corrected chi connectivity index (χ2v) is 6.43. The molecule has 3 aromatic rings. The Hall–Kier alpha value is -2.86. The summed E-state index contributed by atoms with van der Waals surface area (Å²) in [5.74, 6) is 1.25. The molecular formula is C19H21N3O3+2. The van der Waals surface area contributed by atoms with Gasteiger partial charge in [-0.15, -0.1) is 0 Å². The number of nitrogens with one attached hydrogen (secondary N) is 2. The Bertz CT molecular complexity index is 932. The van der Waals surface area contributed by atoms with Gasteiger partial charge in [0.05, 0.1) is 6.20 Å². The number of hydrogen-bond donors (Lipinski definition) is 2. The maximum atomic E-state index is 11.8. The van der Waals surface area contributed by atoms with E-state index in [0.717, 1.165) is 49.5 Å². The highest BCUT2D eigenvalue weighted by Crippen LogP contribution is 2.21. The van der Waals surface area contributed by atoms with Crippen molar-refractivity contribution in [2.75, 3.05) is 31.1 Å². The summed E-state index contributed by atoms with van der Waals surface area (Å²) in [5, 5.41) is 10.5. The molecule has 0 aliphatic carbocycles. The van der Waals surface area contributed by atoms with Crippen LogP contribution in [0.4, 0.5) is 5.82 Å². The molecule has 4 rings (SSSR count). The van der Waals surface area contributed by atoms with Gasteiger partial charge in [0, 0.05) is 29.1 Å². The van der Waals surface area contributed by atoms with Crippen LogP contribution in [0, 0.1) is 0 Å². The molecule has 1 aliphatic heterocycles. The van der Waals surface area contributed by atoms with Crippen molar-refractivity contribution >= 4 is 16.8 Å². The van der Waals surface area contributed by atoms with Gasteiger partial charge in [-0.2, -0.15) is 0 Å². The lowest BCUT2D eigenvalue weighted by atomic mass is 10.1. The van der Waals surface area contributed by atoms with E-state index >= 15 is 0 Å². The van der Waals surface area contributed by atoms with E-state index in [0.29, 0.717) is 5.58 Å². The second kappa shape index (κ2) is 6.57. The van der Waals surface area contributed by atoms with Crippen molar-refractivity contribution in [3.05, 3.63) is 64.6 Å². The molecule has 0 radical (unpaired) electrons. The van der Waals surface area contributed by atoms with Gasteiger partial charge in [0.2, 0.25) is 0 Å². The normalized spacial score (nSPS) is 15.6. The molecule has 3 N–H and O–H groups in total. The number of quaternary nitrogens is 1. The highest BCUT2D eigenvalue weighted by atomic mass is 16.4. The van der Waals surface area contributed by atoms with Crippen LogP contribution in [-0.2, 0) is 6.54 Å². The molecule has 0 saturated carbocycles. The molecule has 1 fully saturated rings. The first kappa shape index (κ1) is 15.7. The Balaban J connectivity index is 1.50. The molecule has 1 aliphatic rings. The number of anilines is 1. The molecule has 6 heteroatoms. The van der Waals surface area contributed by atoms with E-state index in [1.807, 2.05) is 24.4 Å². The van der Waals surface area contributed by atoms with Gasteiger partial charge in [-0.25, -0.2) is 9.78 Å². The minimum absolute atomic E-state index is 0.105. The Morgan fingerprint density at radius 1 is 1.16 bits per heavy atom. The quantitative estimate of drug-likeness (QED) is 0.670. The molecule has 1 saturated heterocycles. The zero-order valence-electron chi connectivity index (χ0n) is 13.9. The predicted octanol–water partition coefficient (Wildman–Crippen LogP) is 0.218. The van der Waals surface area contributed by atoms with Crippen LogP contribution < -0.4 is 20.4 Å². The number of H-pyrrole nitrogens is 1. The summed E-state index contributed by atoms with van der Waals surface area (Å²) in [6.45, 7) is 4.72. The Morgan fingerprint density at radius 2 is 2.00 bits per heavy atom. The van der Waals surface area contributed by atoms with Crippen LogP contribution in [0.15, 0.2) is 57.9 Å². The van der Waals surface area contributed by atoms with Crippen LogP contribution >= 0.6 is 0 Å². The summed E-state index contributed by atoms with van der Waals surface area (Å²) < 4.78 is 5.21. The smallest absolute Gasteiger partial charge is 0.336 e. The highest BCUT2D eigenvalue weighted by Gasteiger charge is 2.26. The van der Waals surface area contributed by atoms with Crippen molar-refractivity contribution in [3.63, 3.8) is 0 Å². The first-order valence-corrected chi connectivity index (χ1v) is 8.50. The summed E-state index contributed by atoms with van der Waals surface area (Å²) in [4.78, 5) is 18.9. The molecule has 0 amide bonds. The van der Waals surface area contributed by atoms with E-state index in [1.54, 1.807) is 12.1 Å². The molecule has 6 nitrogen and oxygen atoms in total. The number of piperazine rings is 1. The van der Waals surface area contributed by atoms with Crippen molar-refractivity contribution in [2.45, 2.75) is 6.54 Å². The SMILES string of the molecule is O=c1cc(C[NH+]2CCN(c3cccc[nH+]3)CC2)c2ccc(O)cc2o1. The zero-order chi connectivity index (χ0) is 17.2. The van der Waals surface area contributed by atoms with Crippen LogP contribution in [0.1, 0.15) is 5.56 Å². The fraction of sp³-hybridized carbons (Fsp3) is 0.263. The van der Waals surface area contributed by atoms with Crippen LogP contribution in [-0.4, -0.2) is 31.3 Å².